The summed E-state index contributed by atoms with van der Waals surface area (Å²) in [4.78, 5) is 10.4. The molecule has 0 bridgehead atoms. The summed E-state index contributed by atoms with van der Waals surface area (Å²) >= 11 is 0. The van der Waals surface area contributed by atoms with Crippen LogP contribution in [-0.4, -0.2) is 20.5 Å². The second kappa shape index (κ2) is 5.21. The number of sulfone groups is 1. The molecule has 1 aromatic rings. The van der Waals surface area contributed by atoms with Crippen molar-refractivity contribution in [2.24, 2.45) is 5.92 Å². The molecule has 0 saturated heterocycles. The van der Waals surface area contributed by atoms with Gasteiger partial charge in [0.1, 0.15) is 12.1 Å². The van der Waals surface area contributed by atoms with Crippen molar-refractivity contribution in [1.82, 2.24) is 0 Å². The lowest BCUT2D eigenvalue weighted by atomic mass is 10.2. The van der Waals surface area contributed by atoms with Crippen LogP contribution in [0.15, 0.2) is 24.3 Å². The summed E-state index contributed by atoms with van der Waals surface area (Å²) in [7, 11) is -3.36. The van der Waals surface area contributed by atoms with E-state index in [1.54, 1.807) is 6.07 Å². The van der Waals surface area contributed by atoms with E-state index in [1.807, 2.05) is 0 Å². The zero-order valence-corrected chi connectivity index (χ0v) is 9.71. The third-order valence-electron chi connectivity index (χ3n) is 2.02. The maximum absolute atomic E-state index is 12.8. The van der Waals surface area contributed by atoms with E-state index in [0.717, 1.165) is 0 Å². The Kier molecular flexibility index (Phi) is 4.18. The molecule has 0 aliphatic heterocycles. The number of carbonyl (C=O) groups excluding carboxylic acids is 1. The lowest BCUT2D eigenvalue weighted by molar-refractivity contribution is -0.110. The van der Waals surface area contributed by atoms with Gasteiger partial charge in [0.05, 0.1) is 11.5 Å². The number of carbonyl (C=O) groups is 1. The number of benzene rings is 1. The van der Waals surface area contributed by atoms with Crippen LogP contribution in [-0.2, 0) is 20.4 Å². The average molecular weight is 244 g/mol. The van der Waals surface area contributed by atoms with Gasteiger partial charge >= 0.3 is 0 Å². The molecule has 0 aromatic heterocycles. The highest BCUT2D eigenvalue weighted by atomic mass is 32.2. The van der Waals surface area contributed by atoms with Gasteiger partial charge in [0, 0.05) is 5.92 Å². The highest BCUT2D eigenvalue weighted by molar-refractivity contribution is 7.90. The van der Waals surface area contributed by atoms with Gasteiger partial charge in [0.25, 0.3) is 0 Å². The summed E-state index contributed by atoms with van der Waals surface area (Å²) in [5.74, 6) is -1.43. The quantitative estimate of drug-likeness (QED) is 0.739. The van der Waals surface area contributed by atoms with Crippen molar-refractivity contribution in [3.05, 3.63) is 35.6 Å². The van der Waals surface area contributed by atoms with Crippen molar-refractivity contribution in [3.8, 4) is 0 Å². The van der Waals surface area contributed by atoms with Crippen LogP contribution in [0.2, 0.25) is 0 Å². The standard InChI is InChI=1S/C11H13FO3S/c1-9(6-13)7-16(14,15)8-10-3-2-4-11(12)5-10/h2-6,9H,7-8H2,1H3/t9-/m1/s1. The average Bonchev–Trinajstić information content (AvgIpc) is 2.15. The van der Waals surface area contributed by atoms with Crippen LogP contribution in [0.4, 0.5) is 4.39 Å². The molecule has 0 aliphatic rings. The van der Waals surface area contributed by atoms with Crippen LogP contribution in [0, 0.1) is 11.7 Å². The molecular weight excluding hydrogens is 231 g/mol. The van der Waals surface area contributed by atoms with Crippen LogP contribution in [0.1, 0.15) is 12.5 Å². The predicted octanol–water partition coefficient (Wildman–Crippen LogP) is 1.58. The second-order valence-electron chi connectivity index (χ2n) is 3.80. The van der Waals surface area contributed by atoms with Crippen LogP contribution < -0.4 is 0 Å². The lowest BCUT2D eigenvalue weighted by Crippen LogP contribution is -2.16. The molecule has 0 saturated carbocycles. The van der Waals surface area contributed by atoms with E-state index in [2.05, 4.69) is 0 Å². The molecule has 1 aromatic carbocycles. The summed E-state index contributed by atoms with van der Waals surface area (Å²) in [6.45, 7) is 1.54. The number of rotatable bonds is 5. The number of aldehydes is 1. The minimum absolute atomic E-state index is 0.201. The fraction of sp³-hybridized carbons (Fsp3) is 0.364. The van der Waals surface area contributed by atoms with Crippen molar-refractivity contribution >= 4 is 16.1 Å². The van der Waals surface area contributed by atoms with Gasteiger partial charge in [-0.05, 0) is 17.7 Å². The maximum atomic E-state index is 12.8. The second-order valence-corrected chi connectivity index (χ2v) is 5.91. The zero-order chi connectivity index (χ0) is 12.2. The van der Waals surface area contributed by atoms with Gasteiger partial charge in [0.15, 0.2) is 9.84 Å². The van der Waals surface area contributed by atoms with E-state index in [0.29, 0.717) is 11.8 Å². The Morgan fingerprint density at radius 1 is 1.44 bits per heavy atom. The number of hydrogen-bond acceptors (Lipinski definition) is 3. The van der Waals surface area contributed by atoms with Gasteiger partial charge in [-0.25, -0.2) is 12.8 Å². The minimum Gasteiger partial charge on any atom is -0.303 e. The van der Waals surface area contributed by atoms with Crippen molar-refractivity contribution < 1.29 is 17.6 Å². The largest absolute Gasteiger partial charge is 0.303 e. The fourth-order valence-corrected chi connectivity index (χ4v) is 3.06. The van der Waals surface area contributed by atoms with E-state index in [-0.39, 0.29) is 11.5 Å². The summed E-state index contributed by atoms with van der Waals surface area (Å²) in [5.41, 5.74) is 0.401. The molecule has 0 N–H and O–H groups in total. The molecule has 0 radical (unpaired) electrons. The van der Waals surface area contributed by atoms with Crippen molar-refractivity contribution in [3.63, 3.8) is 0 Å². The summed E-state index contributed by atoms with van der Waals surface area (Å²) in [6.07, 6.45) is 0.600. The topological polar surface area (TPSA) is 51.2 Å². The molecule has 3 nitrogen and oxygen atoms in total. The highest BCUT2D eigenvalue weighted by Crippen LogP contribution is 2.10. The molecule has 1 rings (SSSR count). The first-order valence-corrected chi connectivity index (χ1v) is 6.65. The Labute approximate surface area is 94.2 Å². The molecular formula is C11H13FO3S. The fourth-order valence-electron chi connectivity index (χ4n) is 1.38. The van der Waals surface area contributed by atoms with E-state index in [4.69, 9.17) is 0 Å². The Hall–Kier alpha value is -1.23. The number of halogens is 1. The number of hydrogen-bond donors (Lipinski definition) is 0. The predicted molar refractivity (Wildman–Crippen MR) is 59.1 cm³/mol. The van der Waals surface area contributed by atoms with Crippen LogP contribution >= 0.6 is 0 Å². The van der Waals surface area contributed by atoms with Gasteiger partial charge < -0.3 is 4.79 Å². The monoisotopic (exact) mass is 244 g/mol. The summed E-state index contributed by atoms with van der Waals surface area (Å²) in [5, 5.41) is 0. The Morgan fingerprint density at radius 3 is 2.69 bits per heavy atom. The molecule has 0 amide bonds. The Morgan fingerprint density at radius 2 is 2.12 bits per heavy atom. The minimum atomic E-state index is -3.36. The van der Waals surface area contributed by atoms with Gasteiger partial charge in [0.2, 0.25) is 0 Å². The molecule has 88 valence electrons. The first kappa shape index (κ1) is 12.8. The van der Waals surface area contributed by atoms with Crippen molar-refractivity contribution in [1.29, 1.82) is 0 Å². The molecule has 5 heteroatoms. The lowest BCUT2D eigenvalue weighted by Gasteiger charge is -2.06. The normalized spacial score (nSPS) is 13.4. The molecule has 0 unspecified atom stereocenters. The van der Waals surface area contributed by atoms with Gasteiger partial charge in [-0.15, -0.1) is 0 Å². The molecule has 0 heterocycles. The molecule has 0 aliphatic carbocycles. The first-order valence-electron chi connectivity index (χ1n) is 4.83. The molecule has 16 heavy (non-hydrogen) atoms. The van der Waals surface area contributed by atoms with E-state index in [1.165, 1.54) is 25.1 Å². The summed E-state index contributed by atoms with van der Waals surface area (Å²) < 4.78 is 36.0. The Balaban J connectivity index is 2.77. The van der Waals surface area contributed by atoms with E-state index >= 15 is 0 Å². The molecule has 0 fully saturated rings. The van der Waals surface area contributed by atoms with E-state index in [9.17, 15) is 17.6 Å². The van der Waals surface area contributed by atoms with Crippen LogP contribution in [0.5, 0.6) is 0 Å². The third-order valence-corrected chi connectivity index (χ3v) is 3.83. The maximum Gasteiger partial charge on any atom is 0.155 e. The van der Waals surface area contributed by atoms with Crippen LogP contribution in [0.3, 0.4) is 0 Å². The summed E-state index contributed by atoms with van der Waals surface area (Å²) in [6, 6.07) is 5.45. The first-order chi connectivity index (χ1) is 7.43. The van der Waals surface area contributed by atoms with Crippen molar-refractivity contribution in [2.45, 2.75) is 12.7 Å². The van der Waals surface area contributed by atoms with Gasteiger partial charge in [-0.2, -0.15) is 0 Å². The van der Waals surface area contributed by atoms with Gasteiger partial charge in [-0.3, -0.25) is 0 Å². The molecule has 0 spiro atoms. The Bertz CT molecular complexity index is 468. The zero-order valence-electron chi connectivity index (χ0n) is 8.89. The van der Waals surface area contributed by atoms with E-state index < -0.39 is 21.6 Å². The smallest absolute Gasteiger partial charge is 0.155 e. The molecule has 1 atom stereocenters. The van der Waals surface area contributed by atoms with Crippen LogP contribution in [0.25, 0.3) is 0 Å². The SMILES string of the molecule is C[C@H](C=O)CS(=O)(=O)Cc1cccc(F)c1. The third kappa shape index (κ3) is 4.10. The van der Waals surface area contributed by atoms with Crippen molar-refractivity contribution in [2.75, 3.05) is 5.75 Å². The highest BCUT2D eigenvalue weighted by Gasteiger charge is 2.16. The van der Waals surface area contributed by atoms with Gasteiger partial charge in [-0.1, -0.05) is 19.1 Å².